The van der Waals surface area contributed by atoms with Gasteiger partial charge in [0.25, 0.3) is 17.8 Å². The largest absolute Gasteiger partial charge is 0.444 e. The Hall–Kier alpha value is -4.61. The molecular weight excluding hydrogens is 761 g/mol. The zero-order chi connectivity index (χ0) is 41.2. The van der Waals surface area contributed by atoms with Gasteiger partial charge in [-0.25, -0.2) is 32.3 Å². The average molecular weight is 813 g/mol. The second-order valence-electron chi connectivity index (χ2n) is 17.1. The van der Waals surface area contributed by atoms with Crippen LogP contribution in [0.15, 0.2) is 55.0 Å². The first-order valence-electron chi connectivity index (χ1n) is 19.3. The van der Waals surface area contributed by atoms with Crippen molar-refractivity contribution in [1.29, 1.82) is 0 Å². The van der Waals surface area contributed by atoms with E-state index in [-0.39, 0.29) is 58.0 Å². The second kappa shape index (κ2) is 16.7. The lowest BCUT2D eigenvalue weighted by Gasteiger charge is -2.38. The molecule has 4 aromatic rings. The lowest BCUT2D eigenvalue weighted by molar-refractivity contribution is -0.0859. The summed E-state index contributed by atoms with van der Waals surface area (Å²) in [5.41, 5.74) is 2.81. The molecule has 0 unspecified atom stereocenters. The Morgan fingerprint density at radius 2 is 1.67 bits per heavy atom. The predicted octanol–water partition coefficient (Wildman–Crippen LogP) is 8.03. The minimum atomic E-state index is -3.10. The minimum Gasteiger partial charge on any atom is -0.444 e. The molecule has 12 nitrogen and oxygen atoms in total. The molecule has 2 saturated heterocycles. The number of halogens is 4. The van der Waals surface area contributed by atoms with Gasteiger partial charge in [0.2, 0.25) is 0 Å². The zero-order valence-corrected chi connectivity index (χ0v) is 34.4. The number of ether oxygens (including phenoxy) is 2. The van der Waals surface area contributed by atoms with E-state index >= 15 is 0 Å². The van der Waals surface area contributed by atoms with E-state index in [1.54, 1.807) is 49.9 Å². The van der Waals surface area contributed by atoms with E-state index in [0.717, 1.165) is 22.7 Å². The lowest BCUT2D eigenvalue weighted by atomic mass is 10.0. The summed E-state index contributed by atoms with van der Waals surface area (Å²) in [4.78, 5) is 42.7. The van der Waals surface area contributed by atoms with Crippen LogP contribution in [-0.2, 0) is 22.7 Å². The van der Waals surface area contributed by atoms with E-state index in [9.17, 15) is 27.2 Å². The number of carbonyl (C=O) groups is 2. The van der Waals surface area contributed by atoms with Gasteiger partial charge in [-0.15, -0.1) is 0 Å². The number of alkyl carbamates (subject to hydrolysis) is 1. The number of nitrogens with zero attached hydrogens (tertiary/aromatic N) is 6. The fourth-order valence-corrected chi connectivity index (χ4v) is 7.59. The summed E-state index contributed by atoms with van der Waals surface area (Å²) in [5.74, 6) is -5.64. The third kappa shape index (κ3) is 11.1. The number of fused-ring (bicyclic) bond motifs is 1. The third-order valence-electron chi connectivity index (χ3n) is 9.99. The number of pyridine rings is 1. The maximum Gasteiger partial charge on any atom is 0.408 e. The van der Waals surface area contributed by atoms with Gasteiger partial charge in [-0.2, -0.15) is 0 Å². The number of hydrogen-bond donors (Lipinski definition) is 2. The van der Waals surface area contributed by atoms with Crippen molar-refractivity contribution in [1.82, 2.24) is 29.7 Å². The van der Waals surface area contributed by atoms with Gasteiger partial charge in [0.05, 0.1) is 11.1 Å². The fourth-order valence-electron chi connectivity index (χ4n) is 6.84. The van der Waals surface area contributed by atoms with Crippen molar-refractivity contribution < 1.29 is 36.6 Å². The van der Waals surface area contributed by atoms with Gasteiger partial charge in [0.15, 0.2) is 0 Å². The molecule has 5 heterocycles. The number of likely N-dealkylation sites (tertiary alicyclic amines) is 1. The monoisotopic (exact) mass is 812 g/mol. The summed E-state index contributed by atoms with van der Waals surface area (Å²) in [6, 6.07) is 12.1. The normalized spacial score (nSPS) is 18.7. The second-order valence-corrected chi connectivity index (χ2v) is 22.7. The van der Waals surface area contributed by atoms with Crippen LogP contribution >= 0.6 is 0 Å². The first-order valence-corrected chi connectivity index (χ1v) is 23.0. The first-order chi connectivity index (χ1) is 26.8. The number of piperidine rings is 2. The smallest absolute Gasteiger partial charge is 0.408 e. The molecule has 1 aromatic carbocycles. The van der Waals surface area contributed by atoms with Crippen molar-refractivity contribution in [2.75, 3.05) is 43.0 Å². The molecule has 2 aliphatic rings. The Morgan fingerprint density at radius 3 is 2.35 bits per heavy atom. The van der Waals surface area contributed by atoms with Crippen LogP contribution in [-0.4, -0.2) is 101 Å². The molecule has 2 N–H and O–H groups in total. The van der Waals surface area contributed by atoms with Gasteiger partial charge in [-0.3, -0.25) is 14.7 Å². The van der Waals surface area contributed by atoms with E-state index in [0.29, 0.717) is 29.3 Å². The average Bonchev–Trinajstić information content (AvgIpc) is 3.49. The van der Waals surface area contributed by atoms with Crippen LogP contribution in [0, 0.1) is 0 Å². The van der Waals surface area contributed by atoms with Crippen LogP contribution in [0.5, 0.6) is 0 Å². The Labute approximate surface area is 331 Å². The van der Waals surface area contributed by atoms with Gasteiger partial charge in [-0.05, 0) is 68.3 Å². The highest BCUT2D eigenvalue weighted by atomic mass is 28.3. The molecule has 17 heteroatoms. The van der Waals surface area contributed by atoms with Crippen molar-refractivity contribution in [3.8, 4) is 11.3 Å². The van der Waals surface area contributed by atoms with Crippen LogP contribution < -0.4 is 15.5 Å². The molecule has 1 atom stereocenters. The highest BCUT2D eigenvalue weighted by Crippen LogP contribution is 2.36. The highest BCUT2D eigenvalue weighted by molar-refractivity contribution is 6.76. The van der Waals surface area contributed by atoms with Crippen LogP contribution in [0.4, 0.5) is 33.9 Å². The molecule has 0 bridgehead atoms. The molecule has 2 fully saturated rings. The zero-order valence-electron chi connectivity index (χ0n) is 33.4. The topological polar surface area (TPSA) is 127 Å². The van der Waals surface area contributed by atoms with Crippen molar-refractivity contribution in [3.63, 3.8) is 0 Å². The van der Waals surface area contributed by atoms with E-state index in [2.05, 4.69) is 45.2 Å². The van der Waals surface area contributed by atoms with Crippen molar-refractivity contribution in [2.24, 2.45) is 0 Å². The molecule has 57 heavy (non-hydrogen) atoms. The molecule has 0 aliphatic carbocycles. The van der Waals surface area contributed by atoms with Crippen LogP contribution in [0.25, 0.3) is 22.3 Å². The number of alkyl halides is 4. The van der Waals surface area contributed by atoms with Crippen molar-refractivity contribution in [3.05, 3.63) is 66.2 Å². The number of hydrogen-bond acceptors (Lipinski definition) is 9. The molecule has 0 saturated carbocycles. The first kappa shape index (κ1) is 42.0. The van der Waals surface area contributed by atoms with Gasteiger partial charge in [0.1, 0.15) is 41.9 Å². The third-order valence-corrected chi connectivity index (χ3v) is 11.7. The summed E-state index contributed by atoms with van der Waals surface area (Å²) in [6.07, 6.45) is 1.13. The van der Waals surface area contributed by atoms with Gasteiger partial charge >= 0.3 is 6.09 Å². The molecule has 2 amide bonds. The van der Waals surface area contributed by atoms with E-state index in [1.807, 2.05) is 27.7 Å². The predicted molar refractivity (Wildman–Crippen MR) is 214 cm³/mol. The number of aromatic nitrogens is 4. The fraction of sp³-hybridized carbons (Fsp3) is 0.525. The maximum absolute atomic E-state index is 14.8. The van der Waals surface area contributed by atoms with Crippen molar-refractivity contribution in [2.45, 2.75) is 102 Å². The molecule has 3 aromatic heterocycles. The number of benzene rings is 1. The summed E-state index contributed by atoms with van der Waals surface area (Å²) >= 11 is 0. The Balaban J connectivity index is 1.15. The van der Waals surface area contributed by atoms with Crippen molar-refractivity contribution >= 4 is 42.6 Å². The summed E-state index contributed by atoms with van der Waals surface area (Å²) in [5, 5.41) is 5.96. The lowest BCUT2D eigenvalue weighted by Crippen LogP contribution is -2.58. The van der Waals surface area contributed by atoms with E-state index in [4.69, 9.17) is 9.47 Å². The van der Waals surface area contributed by atoms with Crippen LogP contribution in [0.3, 0.4) is 0 Å². The number of nitrogens with one attached hydrogen (secondary N) is 2. The Bertz CT molecular complexity index is 2040. The summed E-state index contributed by atoms with van der Waals surface area (Å²) in [6.45, 7) is 13.3. The summed E-state index contributed by atoms with van der Waals surface area (Å²) in [7, 11) is -1.34. The van der Waals surface area contributed by atoms with Crippen LogP contribution in [0.1, 0.15) is 56.1 Å². The van der Waals surface area contributed by atoms with E-state index < -0.39 is 50.0 Å². The quantitative estimate of drug-likeness (QED) is 0.0831. The molecular formula is C40H52F4N8O4Si. The van der Waals surface area contributed by atoms with Gasteiger partial charge in [0, 0.05) is 78.6 Å². The minimum absolute atomic E-state index is 0.100. The maximum atomic E-state index is 14.8. The number of anilines is 2. The van der Waals surface area contributed by atoms with Gasteiger partial charge in [-0.1, -0.05) is 31.8 Å². The number of carbonyl (C=O) groups excluding carboxylic acids is 2. The molecule has 6 rings (SSSR count). The van der Waals surface area contributed by atoms with Gasteiger partial charge < -0.3 is 29.6 Å². The van der Waals surface area contributed by atoms with Crippen LogP contribution in [0.2, 0.25) is 25.7 Å². The van der Waals surface area contributed by atoms with E-state index in [1.165, 1.54) is 12.5 Å². The number of rotatable bonds is 12. The SMILES string of the molecule is CC(C)(C)OC(=O)N[C@H]1CN(Cc2ccnc(C(=O)Nc3ccc(-c4cc5c(N6CCC(F)(F)CC6)ncnc5n4COCC[Si](C)(C)C)cc3)c2)CCC1(F)F. The Morgan fingerprint density at radius 1 is 0.947 bits per heavy atom. The molecule has 0 radical (unpaired) electrons. The standard InChI is InChI=1S/C40H52F4N8O4Si/c1-38(2,3)56-37(54)49-33-24-50(16-14-40(33,43)44)23-27-11-15-45-31(21-27)36(53)48-29-9-7-28(8-10-29)32-22-30-34(51-17-12-39(41,42)13-18-51)46-25-47-35(30)52(32)26-55-19-20-57(4,5)6/h7-11,15,21-22,25,33H,12-14,16-20,23-24,26H2,1-6H3,(H,48,53)(H,49,54)/t33-/m0/s1. The number of amides is 2. The molecule has 2 aliphatic heterocycles. The summed E-state index contributed by atoms with van der Waals surface area (Å²) < 4.78 is 70.9. The Kier molecular flexibility index (Phi) is 12.3. The molecule has 0 spiro atoms. The molecule has 308 valence electrons. The highest BCUT2D eigenvalue weighted by Gasteiger charge is 2.45.